The maximum atomic E-state index is 6.47. The van der Waals surface area contributed by atoms with E-state index in [1.54, 1.807) is 6.20 Å². The summed E-state index contributed by atoms with van der Waals surface area (Å²) in [6.07, 6.45) is 1.66. The molecule has 0 aliphatic rings. The molecule has 0 bridgehead atoms. The van der Waals surface area contributed by atoms with Gasteiger partial charge >= 0.3 is 0 Å². The van der Waals surface area contributed by atoms with Crippen molar-refractivity contribution < 1.29 is 0 Å². The first-order valence-electron chi connectivity index (χ1n) is 6.94. The maximum Gasteiger partial charge on any atom is 0.0837 e. The van der Waals surface area contributed by atoms with E-state index in [9.17, 15) is 0 Å². The van der Waals surface area contributed by atoms with E-state index in [1.165, 1.54) is 0 Å². The zero-order valence-corrected chi connectivity index (χ0v) is 14.0. The molecule has 0 radical (unpaired) electrons. The van der Waals surface area contributed by atoms with Gasteiger partial charge in [0.1, 0.15) is 0 Å². The summed E-state index contributed by atoms with van der Waals surface area (Å²) in [6.45, 7) is 5.62. The van der Waals surface area contributed by atoms with Crippen molar-refractivity contribution in [1.29, 1.82) is 0 Å². The maximum absolute atomic E-state index is 6.47. The molecule has 0 fully saturated rings. The largest absolute Gasteiger partial charge is 0.319 e. The minimum atomic E-state index is -0.323. The number of aromatic nitrogens is 4. The van der Waals surface area contributed by atoms with Crippen LogP contribution in [0, 0.1) is 13.8 Å². The third-order valence-corrected chi connectivity index (χ3v) is 4.05. The number of halogens is 1. The fraction of sp³-hybridized carbons (Fsp3) is 0.571. The average molecular weight is 311 g/mol. The van der Waals surface area contributed by atoms with Gasteiger partial charge in [0.15, 0.2) is 0 Å². The van der Waals surface area contributed by atoms with Gasteiger partial charge < -0.3 is 10.6 Å². The molecule has 2 N–H and O–H groups in total. The van der Waals surface area contributed by atoms with Gasteiger partial charge in [-0.1, -0.05) is 11.6 Å². The standard InChI is InChI=1S/C14H23ClN6/c1-9-12(10(2)20(5)18-9)13(16)14-11(15)8-17-21(14)7-6-19(3)4/h8,13H,6-7,16H2,1-5H3. The van der Waals surface area contributed by atoms with E-state index >= 15 is 0 Å². The predicted octanol–water partition coefficient (Wildman–Crippen LogP) is 1.50. The summed E-state index contributed by atoms with van der Waals surface area (Å²) in [7, 11) is 5.98. The third-order valence-electron chi connectivity index (χ3n) is 3.76. The molecule has 116 valence electrons. The van der Waals surface area contributed by atoms with Gasteiger partial charge in [0.25, 0.3) is 0 Å². The summed E-state index contributed by atoms with van der Waals surface area (Å²) in [6, 6.07) is -0.323. The number of hydrogen-bond donors (Lipinski definition) is 1. The first kappa shape index (κ1) is 16.0. The van der Waals surface area contributed by atoms with E-state index < -0.39 is 0 Å². The van der Waals surface area contributed by atoms with Crippen LogP contribution in [0.5, 0.6) is 0 Å². The number of nitrogens with zero attached hydrogens (tertiary/aromatic N) is 5. The number of hydrogen-bond acceptors (Lipinski definition) is 4. The molecular formula is C14H23ClN6. The molecule has 0 aromatic carbocycles. The molecule has 2 aromatic heterocycles. The van der Waals surface area contributed by atoms with E-state index in [0.29, 0.717) is 5.02 Å². The van der Waals surface area contributed by atoms with Crippen LogP contribution in [0.1, 0.15) is 28.7 Å². The molecule has 0 aliphatic carbocycles. The Balaban J connectivity index is 2.39. The van der Waals surface area contributed by atoms with Gasteiger partial charge in [0.2, 0.25) is 0 Å². The van der Waals surface area contributed by atoms with Crippen molar-refractivity contribution in [2.45, 2.75) is 26.4 Å². The summed E-state index contributed by atoms with van der Waals surface area (Å²) in [5.74, 6) is 0. The Bertz CT molecular complexity index is 628. The van der Waals surface area contributed by atoms with Gasteiger partial charge in [-0.3, -0.25) is 9.36 Å². The lowest BCUT2D eigenvalue weighted by Crippen LogP contribution is -2.24. The summed E-state index contributed by atoms with van der Waals surface area (Å²) in [5, 5.41) is 9.38. The van der Waals surface area contributed by atoms with Crippen LogP contribution < -0.4 is 5.73 Å². The Morgan fingerprint density at radius 3 is 2.57 bits per heavy atom. The normalized spacial score (nSPS) is 13.1. The molecule has 0 aliphatic heterocycles. The van der Waals surface area contributed by atoms with Crippen molar-refractivity contribution in [3.05, 3.63) is 33.9 Å². The van der Waals surface area contributed by atoms with Crippen molar-refractivity contribution in [2.24, 2.45) is 12.8 Å². The minimum absolute atomic E-state index is 0.323. The van der Waals surface area contributed by atoms with Crippen LogP contribution in [0.25, 0.3) is 0 Å². The molecule has 0 amide bonds. The van der Waals surface area contributed by atoms with Crippen LogP contribution in [0.2, 0.25) is 5.02 Å². The summed E-state index contributed by atoms with van der Waals surface area (Å²) in [5.41, 5.74) is 10.3. The summed E-state index contributed by atoms with van der Waals surface area (Å²) < 4.78 is 3.73. The van der Waals surface area contributed by atoms with Gasteiger partial charge in [-0.15, -0.1) is 0 Å². The lowest BCUT2D eigenvalue weighted by molar-refractivity contribution is 0.368. The second kappa shape index (κ2) is 6.17. The Morgan fingerprint density at radius 2 is 2.05 bits per heavy atom. The highest BCUT2D eigenvalue weighted by Gasteiger charge is 2.24. The molecule has 0 saturated heterocycles. The van der Waals surface area contributed by atoms with Crippen LogP contribution in [-0.4, -0.2) is 45.1 Å². The highest BCUT2D eigenvalue weighted by molar-refractivity contribution is 6.31. The molecule has 0 saturated carbocycles. The number of nitrogens with two attached hydrogens (primary N) is 1. The lowest BCUT2D eigenvalue weighted by Gasteiger charge is -2.17. The molecule has 7 heteroatoms. The number of aryl methyl sites for hydroxylation is 2. The molecule has 21 heavy (non-hydrogen) atoms. The molecular weight excluding hydrogens is 288 g/mol. The van der Waals surface area contributed by atoms with Crippen LogP contribution in [-0.2, 0) is 13.6 Å². The van der Waals surface area contributed by atoms with Gasteiger partial charge in [0.05, 0.1) is 35.2 Å². The zero-order valence-electron chi connectivity index (χ0n) is 13.3. The summed E-state index contributed by atoms with van der Waals surface area (Å²) in [4.78, 5) is 2.10. The van der Waals surface area contributed by atoms with Crippen molar-refractivity contribution in [3.8, 4) is 0 Å². The van der Waals surface area contributed by atoms with E-state index in [0.717, 1.165) is 35.7 Å². The van der Waals surface area contributed by atoms with Gasteiger partial charge in [0, 0.05) is 24.8 Å². The van der Waals surface area contributed by atoms with E-state index in [-0.39, 0.29) is 6.04 Å². The minimum Gasteiger partial charge on any atom is -0.319 e. The van der Waals surface area contributed by atoms with Crippen LogP contribution in [0.15, 0.2) is 6.20 Å². The second-order valence-electron chi connectivity index (χ2n) is 5.59. The van der Waals surface area contributed by atoms with E-state index in [2.05, 4.69) is 15.1 Å². The van der Waals surface area contributed by atoms with Crippen LogP contribution in [0.3, 0.4) is 0 Å². The smallest absolute Gasteiger partial charge is 0.0837 e. The SMILES string of the molecule is Cc1nn(C)c(C)c1C(N)c1c(Cl)cnn1CCN(C)C. The first-order valence-corrected chi connectivity index (χ1v) is 7.32. The van der Waals surface area contributed by atoms with Crippen molar-refractivity contribution in [2.75, 3.05) is 20.6 Å². The molecule has 0 spiro atoms. The molecule has 2 rings (SSSR count). The van der Waals surface area contributed by atoms with Crippen LogP contribution >= 0.6 is 11.6 Å². The highest BCUT2D eigenvalue weighted by atomic mass is 35.5. The second-order valence-corrected chi connectivity index (χ2v) is 6.00. The highest BCUT2D eigenvalue weighted by Crippen LogP contribution is 2.29. The topological polar surface area (TPSA) is 64.9 Å². The van der Waals surface area contributed by atoms with Crippen molar-refractivity contribution >= 4 is 11.6 Å². The third kappa shape index (κ3) is 3.12. The first-order chi connectivity index (χ1) is 9.82. The van der Waals surface area contributed by atoms with Crippen molar-refractivity contribution in [3.63, 3.8) is 0 Å². The Labute approximate surface area is 130 Å². The fourth-order valence-electron chi connectivity index (χ4n) is 2.53. The number of rotatable bonds is 5. The van der Waals surface area contributed by atoms with E-state index in [4.69, 9.17) is 17.3 Å². The fourth-order valence-corrected chi connectivity index (χ4v) is 2.79. The lowest BCUT2D eigenvalue weighted by atomic mass is 10.0. The quantitative estimate of drug-likeness (QED) is 0.909. The number of likely N-dealkylation sites (N-methyl/N-ethyl adjacent to an activating group) is 1. The molecule has 2 heterocycles. The monoisotopic (exact) mass is 310 g/mol. The van der Waals surface area contributed by atoms with E-state index in [1.807, 2.05) is 44.4 Å². The Morgan fingerprint density at radius 1 is 1.38 bits per heavy atom. The Hall–Kier alpha value is -1.37. The summed E-state index contributed by atoms with van der Waals surface area (Å²) >= 11 is 6.31. The molecule has 2 aromatic rings. The molecule has 1 atom stereocenters. The average Bonchev–Trinajstić information content (AvgIpc) is 2.88. The zero-order chi connectivity index (χ0) is 15.7. The van der Waals surface area contributed by atoms with Crippen LogP contribution in [0.4, 0.5) is 0 Å². The molecule has 6 nitrogen and oxygen atoms in total. The Kier molecular flexibility index (Phi) is 4.70. The van der Waals surface area contributed by atoms with Gasteiger partial charge in [-0.25, -0.2) is 0 Å². The van der Waals surface area contributed by atoms with Gasteiger partial charge in [-0.05, 0) is 27.9 Å². The molecule has 1 unspecified atom stereocenters. The van der Waals surface area contributed by atoms with Crippen molar-refractivity contribution in [1.82, 2.24) is 24.5 Å². The predicted molar refractivity (Wildman–Crippen MR) is 84.5 cm³/mol. The van der Waals surface area contributed by atoms with Gasteiger partial charge in [-0.2, -0.15) is 10.2 Å².